The molecule has 0 atom stereocenters. The van der Waals surface area contributed by atoms with Crippen molar-refractivity contribution in [1.29, 1.82) is 21.0 Å². The summed E-state index contributed by atoms with van der Waals surface area (Å²) in [5.41, 5.74) is 17.9. The molecule has 2 aromatic heterocycles. The highest BCUT2D eigenvalue weighted by Crippen LogP contribution is 2.57. The molecule has 13 aromatic rings. The molecule has 0 aliphatic heterocycles. The van der Waals surface area contributed by atoms with Crippen LogP contribution in [-0.4, -0.2) is 9.13 Å². The molecule has 0 fully saturated rings. The normalized spacial score (nSPS) is 11.1. The Balaban J connectivity index is 1.30. The summed E-state index contributed by atoms with van der Waals surface area (Å²) in [4.78, 5) is 0. The maximum absolute atomic E-state index is 11.1. The van der Waals surface area contributed by atoms with Gasteiger partial charge < -0.3 is 9.13 Å². The van der Waals surface area contributed by atoms with Crippen molar-refractivity contribution in [2.75, 3.05) is 0 Å². The molecule has 76 heavy (non-hydrogen) atoms. The lowest BCUT2D eigenvalue weighted by Crippen LogP contribution is -2.04. The molecule has 0 aliphatic carbocycles. The molecular formula is C70H40N6. The van der Waals surface area contributed by atoms with E-state index in [1.165, 1.54) is 0 Å². The van der Waals surface area contributed by atoms with Gasteiger partial charge in [-0.3, -0.25) is 0 Å². The van der Waals surface area contributed by atoms with E-state index in [4.69, 9.17) is 0 Å². The molecule has 0 N–H and O–H groups in total. The van der Waals surface area contributed by atoms with Gasteiger partial charge in [-0.05, 0) is 153 Å². The second kappa shape index (κ2) is 18.5. The average Bonchev–Trinajstić information content (AvgIpc) is 4.02. The highest BCUT2D eigenvalue weighted by Gasteiger charge is 2.32. The number of nitriles is 4. The molecule has 0 aliphatic rings. The fraction of sp³-hybridized carbons (Fsp3) is 0. The third-order valence-electron chi connectivity index (χ3n) is 14.7. The number of benzene rings is 11. The average molecular weight is 965 g/mol. The Kier molecular flexibility index (Phi) is 11.0. The fourth-order valence-corrected chi connectivity index (χ4v) is 11.4. The van der Waals surface area contributed by atoms with Crippen LogP contribution >= 0.6 is 0 Å². The maximum Gasteiger partial charge on any atom is 0.0998 e. The third-order valence-corrected chi connectivity index (χ3v) is 14.7. The Morgan fingerprint density at radius 1 is 0.250 bits per heavy atom. The number of fused-ring (bicyclic) bond motifs is 6. The summed E-state index contributed by atoms with van der Waals surface area (Å²) in [5, 5.41) is 47.0. The smallest absolute Gasteiger partial charge is 0.0998 e. The molecule has 0 saturated heterocycles. The van der Waals surface area contributed by atoms with Crippen LogP contribution in [0.25, 0.3) is 122 Å². The molecule has 350 valence electrons. The van der Waals surface area contributed by atoms with Crippen LogP contribution in [0.3, 0.4) is 0 Å². The summed E-state index contributed by atoms with van der Waals surface area (Å²) in [6.45, 7) is 0. The summed E-state index contributed by atoms with van der Waals surface area (Å²) in [5.74, 6) is 0. The van der Waals surface area contributed by atoms with Crippen LogP contribution in [0.5, 0.6) is 0 Å². The summed E-state index contributed by atoms with van der Waals surface area (Å²) in [6.07, 6.45) is 0. The minimum Gasteiger partial charge on any atom is -0.309 e. The molecule has 6 nitrogen and oxygen atoms in total. The van der Waals surface area contributed by atoms with E-state index in [0.29, 0.717) is 33.4 Å². The number of hydrogen-bond donors (Lipinski definition) is 0. The molecule has 0 bridgehead atoms. The molecule has 6 heteroatoms. The van der Waals surface area contributed by atoms with Crippen molar-refractivity contribution in [2.24, 2.45) is 0 Å². The second-order valence-corrected chi connectivity index (χ2v) is 18.8. The van der Waals surface area contributed by atoms with Crippen molar-refractivity contribution in [2.45, 2.75) is 0 Å². The van der Waals surface area contributed by atoms with Crippen LogP contribution in [0, 0.1) is 45.3 Å². The van der Waals surface area contributed by atoms with Crippen LogP contribution in [-0.2, 0) is 0 Å². The Morgan fingerprint density at radius 2 is 0.579 bits per heavy atom. The minimum atomic E-state index is 0.453. The summed E-state index contributed by atoms with van der Waals surface area (Å²) < 4.78 is 4.62. The molecular weight excluding hydrogens is 925 g/mol. The fourth-order valence-electron chi connectivity index (χ4n) is 11.4. The Bertz CT molecular complexity index is 4350. The Hall–Kier alpha value is -11.0. The molecule has 13 rings (SSSR count). The lowest BCUT2D eigenvalue weighted by atomic mass is 9.73. The zero-order valence-electron chi connectivity index (χ0n) is 40.8. The monoisotopic (exact) mass is 964 g/mol. The molecule has 11 aromatic carbocycles. The molecule has 0 amide bonds. The van der Waals surface area contributed by atoms with Gasteiger partial charge in [0.1, 0.15) is 0 Å². The molecule has 2 heterocycles. The predicted molar refractivity (Wildman–Crippen MR) is 307 cm³/mol. The summed E-state index contributed by atoms with van der Waals surface area (Å²) >= 11 is 0. The zero-order valence-corrected chi connectivity index (χ0v) is 40.8. The van der Waals surface area contributed by atoms with Crippen LogP contribution in [0.15, 0.2) is 243 Å². The van der Waals surface area contributed by atoms with E-state index in [-0.39, 0.29) is 0 Å². The second-order valence-electron chi connectivity index (χ2n) is 18.8. The highest BCUT2D eigenvalue weighted by molar-refractivity contribution is 6.19. The lowest BCUT2D eigenvalue weighted by Gasteiger charge is -2.29. The van der Waals surface area contributed by atoms with Crippen molar-refractivity contribution >= 4 is 43.6 Å². The van der Waals surface area contributed by atoms with E-state index in [9.17, 15) is 21.0 Å². The van der Waals surface area contributed by atoms with Crippen molar-refractivity contribution in [1.82, 2.24) is 9.13 Å². The van der Waals surface area contributed by atoms with Gasteiger partial charge in [0.05, 0.1) is 68.6 Å². The first-order chi connectivity index (χ1) is 37.6. The van der Waals surface area contributed by atoms with Gasteiger partial charge in [-0.2, -0.15) is 21.0 Å². The summed E-state index contributed by atoms with van der Waals surface area (Å²) in [6, 6.07) is 91.7. The van der Waals surface area contributed by atoms with Crippen LogP contribution in [0.2, 0.25) is 0 Å². The molecule has 0 radical (unpaired) electrons. The first-order valence-corrected chi connectivity index (χ1v) is 25.0. The van der Waals surface area contributed by atoms with Crippen molar-refractivity contribution in [3.8, 4) is 102 Å². The first kappa shape index (κ1) is 44.9. The predicted octanol–water partition coefficient (Wildman–Crippen LogP) is 17.4. The molecule has 0 unspecified atom stereocenters. The Morgan fingerprint density at radius 3 is 0.974 bits per heavy atom. The van der Waals surface area contributed by atoms with Gasteiger partial charge in [0.2, 0.25) is 0 Å². The number of hydrogen-bond acceptors (Lipinski definition) is 4. The topological polar surface area (TPSA) is 105 Å². The quantitative estimate of drug-likeness (QED) is 0.151. The van der Waals surface area contributed by atoms with Gasteiger partial charge in [-0.15, -0.1) is 0 Å². The number of nitrogens with zero attached hydrogens (tertiary/aromatic N) is 6. The number of rotatable bonds is 8. The van der Waals surface area contributed by atoms with E-state index >= 15 is 0 Å². The van der Waals surface area contributed by atoms with Gasteiger partial charge in [0.15, 0.2) is 0 Å². The SMILES string of the molecule is N#Cc1ccc(-c2c(-c3ccc4c(c3)c3ccccc3n4-c3ccccc3)c(-c3ccc4c(c3)c3ccccc3n4-c3ccccc3)c(-c3ccc(C#N)cc3)c(-c3ccccc3C#N)c2-c2ccccc2C#N)cc1. The van der Waals surface area contributed by atoms with E-state index in [1.807, 2.05) is 109 Å². The van der Waals surface area contributed by atoms with Gasteiger partial charge in [-0.25, -0.2) is 0 Å². The standard InChI is InChI=1S/C70H40N6/c71-41-45-27-31-47(32-28-45)65-67(49-35-37-63-59(39-49)57-23-11-13-25-61(57)75(63)53-17-3-1-4-18-53)68(50-36-38-64-60(40-50)58-24-12-14-26-62(58)76(64)54-19-5-2-6-20-54)66(48-33-29-46(42-72)30-34-48)70(56-22-10-8-16-52(56)44-74)69(65)55-21-9-7-15-51(55)43-73/h1-40H. The van der Waals surface area contributed by atoms with Crippen LogP contribution in [0.4, 0.5) is 0 Å². The Labute approximate surface area is 438 Å². The van der Waals surface area contributed by atoms with Gasteiger partial charge in [0.25, 0.3) is 0 Å². The van der Waals surface area contributed by atoms with Crippen LogP contribution in [0.1, 0.15) is 22.3 Å². The van der Waals surface area contributed by atoms with Gasteiger partial charge in [-0.1, -0.05) is 146 Å². The first-order valence-electron chi connectivity index (χ1n) is 25.0. The molecule has 0 spiro atoms. The van der Waals surface area contributed by atoms with Crippen molar-refractivity contribution in [3.05, 3.63) is 265 Å². The van der Waals surface area contributed by atoms with E-state index < -0.39 is 0 Å². The minimum absolute atomic E-state index is 0.453. The molecule has 0 saturated carbocycles. The van der Waals surface area contributed by atoms with E-state index in [0.717, 1.165) is 111 Å². The third kappa shape index (κ3) is 7.23. The summed E-state index contributed by atoms with van der Waals surface area (Å²) in [7, 11) is 0. The maximum atomic E-state index is 11.1. The number of para-hydroxylation sites is 4. The van der Waals surface area contributed by atoms with Gasteiger partial charge >= 0.3 is 0 Å². The van der Waals surface area contributed by atoms with Crippen molar-refractivity contribution < 1.29 is 0 Å². The van der Waals surface area contributed by atoms with Gasteiger partial charge in [0, 0.05) is 44.0 Å². The number of aromatic nitrogens is 2. The van der Waals surface area contributed by atoms with Crippen molar-refractivity contribution in [3.63, 3.8) is 0 Å². The zero-order chi connectivity index (χ0) is 51.3. The lowest BCUT2D eigenvalue weighted by molar-refractivity contribution is 1.18. The van der Waals surface area contributed by atoms with E-state index in [1.54, 1.807) is 0 Å². The van der Waals surface area contributed by atoms with Crippen LogP contribution < -0.4 is 0 Å². The highest BCUT2D eigenvalue weighted by atomic mass is 15.0. The largest absolute Gasteiger partial charge is 0.309 e. The van der Waals surface area contributed by atoms with E-state index in [2.05, 4.69) is 167 Å².